The molecule has 0 fully saturated rings. The number of amides is 4. The number of carboxylic acids is 1. The lowest BCUT2D eigenvalue weighted by atomic mass is 10.2. The minimum absolute atomic E-state index is 0.0331. The zero-order chi connectivity index (χ0) is 16.3. The summed E-state index contributed by atoms with van der Waals surface area (Å²) in [6.45, 7) is 4.65. The van der Waals surface area contributed by atoms with Gasteiger partial charge in [0.25, 0.3) is 0 Å². The molecular weight excluding hydrogens is 278 g/mol. The first-order chi connectivity index (χ1) is 9.81. The van der Waals surface area contributed by atoms with Crippen molar-refractivity contribution < 1.29 is 24.3 Å². The van der Waals surface area contributed by atoms with Crippen LogP contribution in [0.5, 0.6) is 0 Å². The zero-order valence-corrected chi connectivity index (χ0v) is 12.4. The Kier molecular flexibility index (Phi) is 9.57. The van der Waals surface area contributed by atoms with Crippen LogP contribution in [0.25, 0.3) is 0 Å². The highest BCUT2D eigenvalue weighted by Gasteiger charge is 2.09. The Hall–Kier alpha value is -2.12. The topological polar surface area (TPSA) is 125 Å². The lowest BCUT2D eigenvalue weighted by Gasteiger charge is -2.08. The summed E-state index contributed by atoms with van der Waals surface area (Å²) >= 11 is 0. The van der Waals surface area contributed by atoms with Crippen LogP contribution in [0.15, 0.2) is 0 Å². The molecule has 4 N–H and O–H groups in total. The molecule has 0 heterocycles. The second-order valence-electron chi connectivity index (χ2n) is 5.00. The lowest BCUT2D eigenvalue weighted by molar-refractivity contribution is -0.137. The quantitative estimate of drug-likeness (QED) is 0.485. The second kappa shape index (κ2) is 10.6. The molecule has 0 saturated heterocycles. The minimum atomic E-state index is -0.986. The van der Waals surface area contributed by atoms with Gasteiger partial charge in [-0.1, -0.05) is 13.8 Å². The highest BCUT2D eigenvalue weighted by Crippen LogP contribution is 1.94. The third kappa shape index (κ3) is 12.6. The summed E-state index contributed by atoms with van der Waals surface area (Å²) in [5, 5.41) is 15.6. The summed E-state index contributed by atoms with van der Waals surface area (Å²) in [6, 6.07) is -0.688. The minimum Gasteiger partial charge on any atom is -0.481 e. The Morgan fingerprint density at radius 3 is 2.19 bits per heavy atom. The van der Waals surface area contributed by atoms with Gasteiger partial charge in [0.1, 0.15) is 0 Å². The number of urea groups is 1. The van der Waals surface area contributed by atoms with E-state index in [9.17, 15) is 19.2 Å². The molecule has 0 aliphatic rings. The van der Waals surface area contributed by atoms with Gasteiger partial charge in [-0.3, -0.25) is 19.7 Å². The maximum atomic E-state index is 11.4. The number of imide groups is 1. The van der Waals surface area contributed by atoms with Crippen molar-refractivity contribution in [2.24, 2.45) is 5.92 Å². The number of carbonyl (C=O) groups excluding carboxylic acids is 3. The molecule has 0 radical (unpaired) electrons. The second-order valence-corrected chi connectivity index (χ2v) is 5.00. The molecule has 0 spiro atoms. The van der Waals surface area contributed by atoms with Crippen molar-refractivity contribution in [3.63, 3.8) is 0 Å². The van der Waals surface area contributed by atoms with Crippen LogP contribution in [-0.2, 0) is 14.4 Å². The largest absolute Gasteiger partial charge is 0.481 e. The van der Waals surface area contributed by atoms with Crippen LogP contribution in [0.3, 0.4) is 0 Å². The maximum absolute atomic E-state index is 11.4. The van der Waals surface area contributed by atoms with Crippen molar-refractivity contribution in [2.45, 2.75) is 39.5 Å². The fourth-order valence-corrected chi connectivity index (χ4v) is 1.33. The zero-order valence-electron chi connectivity index (χ0n) is 12.4. The number of hydrogen-bond donors (Lipinski definition) is 4. The Labute approximate surface area is 123 Å². The average Bonchev–Trinajstić information content (AvgIpc) is 2.35. The predicted octanol–water partition coefficient (Wildman–Crippen LogP) is 0.229. The van der Waals surface area contributed by atoms with E-state index >= 15 is 0 Å². The molecule has 0 aliphatic heterocycles. The summed E-state index contributed by atoms with van der Waals surface area (Å²) in [4.78, 5) is 44.2. The van der Waals surface area contributed by atoms with Crippen molar-refractivity contribution in [1.29, 1.82) is 0 Å². The van der Waals surface area contributed by atoms with Crippen LogP contribution < -0.4 is 16.0 Å². The molecule has 21 heavy (non-hydrogen) atoms. The lowest BCUT2D eigenvalue weighted by Crippen LogP contribution is -2.41. The number of rotatable bonds is 9. The van der Waals surface area contributed by atoms with E-state index in [0.717, 1.165) is 0 Å². The number of carbonyl (C=O) groups is 4. The van der Waals surface area contributed by atoms with Gasteiger partial charge in [0.05, 0.1) is 0 Å². The first kappa shape index (κ1) is 18.9. The van der Waals surface area contributed by atoms with Gasteiger partial charge in [0, 0.05) is 32.4 Å². The van der Waals surface area contributed by atoms with Crippen LogP contribution in [0.4, 0.5) is 4.79 Å². The third-order valence-corrected chi connectivity index (χ3v) is 2.39. The van der Waals surface area contributed by atoms with E-state index in [4.69, 9.17) is 5.11 Å². The summed E-state index contributed by atoms with van der Waals surface area (Å²) < 4.78 is 0. The molecule has 0 bridgehead atoms. The summed E-state index contributed by atoms with van der Waals surface area (Å²) in [5.41, 5.74) is 0. The van der Waals surface area contributed by atoms with Crippen LogP contribution in [-0.4, -0.2) is 42.0 Å². The molecule has 0 atom stereocenters. The molecular formula is C13H23N3O5. The van der Waals surface area contributed by atoms with Gasteiger partial charge in [-0.2, -0.15) is 0 Å². The standard InChI is InChI=1S/C13H23N3O5/c1-9(2)8-15-10(17)6-7-14-13(21)16-11(18)4-3-5-12(19)20/h9H,3-8H2,1-2H3,(H,15,17)(H,19,20)(H2,14,16,18,21). The molecule has 0 aliphatic carbocycles. The fraction of sp³-hybridized carbons (Fsp3) is 0.692. The summed E-state index contributed by atoms with van der Waals surface area (Å²) in [5.74, 6) is -1.34. The summed E-state index contributed by atoms with van der Waals surface area (Å²) in [6.07, 6.45) is 0.152. The Morgan fingerprint density at radius 1 is 0.952 bits per heavy atom. The molecule has 8 heteroatoms. The maximum Gasteiger partial charge on any atom is 0.321 e. The Bertz CT molecular complexity index is 382. The van der Waals surface area contributed by atoms with Crippen LogP contribution in [0.1, 0.15) is 39.5 Å². The van der Waals surface area contributed by atoms with Gasteiger partial charge >= 0.3 is 12.0 Å². The molecule has 8 nitrogen and oxygen atoms in total. The van der Waals surface area contributed by atoms with Crippen LogP contribution in [0.2, 0.25) is 0 Å². The van der Waals surface area contributed by atoms with Gasteiger partial charge in [-0.15, -0.1) is 0 Å². The molecule has 0 aromatic rings. The highest BCUT2D eigenvalue weighted by atomic mass is 16.4. The fourth-order valence-electron chi connectivity index (χ4n) is 1.33. The monoisotopic (exact) mass is 301 g/mol. The number of nitrogens with one attached hydrogen (secondary N) is 3. The van der Waals surface area contributed by atoms with Crippen molar-refractivity contribution in [2.75, 3.05) is 13.1 Å². The number of hydrogen-bond acceptors (Lipinski definition) is 4. The molecule has 0 rings (SSSR count). The first-order valence-corrected chi connectivity index (χ1v) is 6.87. The van der Waals surface area contributed by atoms with Gasteiger partial charge in [-0.25, -0.2) is 4.79 Å². The van der Waals surface area contributed by atoms with Gasteiger partial charge in [-0.05, 0) is 12.3 Å². The molecule has 0 aromatic carbocycles. The van der Waals surface area contributed by atoms with E-state index in [2.05, 4.69) is 16.0 Å². The van der Waals surface area contributed by atoms with E-state index in [1.165, 1.54) is 0 Å². The van der Waals surface area contributed by atoms with E-state index < -0.39 is 17.9 Å². The van der Waals surface area contributed by atoms with E-state index in [1.807, 2.05) is 13.8 Å². The van der Waals surface area contributed by atoms with Crippen molar-refractivity contribution >= 4 is 23.8 Å². The van der Waals surface area contributed by atoms with Crippen molar-refractivity contribution in [1.82, 2.24) is 16.0 Å². The van der Waals surface area contributed by atoms with Gasteiger partial charge < -0.3 is 15.7 Å². The van der Waals surface area contributed by atoms with E-state index in [0.29, 0.717) is 12.5 Å². The van der Waals surface area contributed by atoms with E-state index in [1.54, 1.807) is 0 Å². The van der Waals surface area contributed by atoms with Gasteiger partial charge in [0.2, 0.25) is 11.8 Å². The summed E-state index contributed by atoms with van der Waals surface area (Å²) in [7, 11) is 0. The Balaban J connectivity index is 3.68. The predicted molar refractivity (Wildman–Crippen MR) is 75.5 cm³/mol. The molecule has 0 aromatic heterocycles. The molecule has 0 unspecified atom stereocenters. The average molecular weight is 301 g/mol. The molecule has 0 saturated carbocycles. The third-order valence-electron chi connectivity index (χ3n) is 2.39. The SMILES string of the molecule is CC(C)CNC(=O)CCNC(=O)NC(=O)CCCC(=O)O. The van der Waals surface area contributed by atoms with E-state index in [-0.39, 0.29) is 38.1 Å². The van der Waals surface area contributed by atoms with Gasteiger partial charge in [0.15, 0.2) is 0 Å². The van der Waals surface area contributed by atoms with Crippen molar-refractivity contribution in [3.05, 3.63) is 0 Å². The first-order valence-electron chi connectivity index (χ1n) is 6.87. The van der Waals surface area contributed by atoms with Crippen LogP contribution >= 0.6 is 0 Å². The number of aliphatic carboxylic acids is 1. The number of carboxylic acid groups (broad SMARTS) is 1. The highest BCUT2D eigenvalue weighted by molar-refractivity contribution is 5.94. The Morgan fingerprint density at radius 2 is 1.62 bits per heavy atom. The van der Waals surface area contributed by atoms with Crippen LogP contribution in [0, 0.1) is 5.92 Å². The molecule has 4 amide bonds. The van der Waals surface area contributed by atoms with Crippen molar-refractivity contribution in [3.8, 4) is 0 Å². The molecule has 120 valence electrons. The normalized spacial score (nSPS) is 10.0. The smallest absolute Gasteiger partial charge is 0.321 e.